The van der Waals surface area contributed by atoms with E-state index < -0.39 is 10.0 Å². The molecule has 1 aliphatic heterocycles. The van der Waals surface area contributed by atoms with Gasteiger partial charge in [-0.2, -0.15) is 4.31 Å². The van der Waals surface area contributed by atoms with Gasteiger partial charge in [-0.25, -0.2) is 13.4 Å². The van der Waals surface area contributed by atoms with Crippen LogP contribution in [0.25, 0.3) is 0 Å². The monoisotopic (exact) mass is 460 g/mol. The van der Waals surface area contributed by atoms with Crippen LogP contribution in [0.1, 0.15) is 16.8 Å². The minimum atomic E-state index is -3.66. The Hall–Kier alpha value is -1.42. The Kier molecular flexibility index (Phi) is 5.71. The number of imidazole rings is 1. The maximum Gasteiger partial charge on any atom is 0.262 e. The molecule has 1 saturated heterocycles. The van der Waals surface area contributed by atoms with Crippen LogP contribution in [0.5, 0.6) is 0 Å². The molecular weight excluding hydrogens is 444 g/mol. The molecule has 10 heteroatoms. The number of rotatable bonds is 3. The van der Waals surface area contributed by atoms with E-state index in [2.05, 4.69) is 20.9 Å². The van der Waals surface area contributed by atoms with Crippen molar-refractivity contribution in [2.75, 3.05) is 26.2 Å². The van der Waals surface area contributed by atoms with Gasteiger partial charge < -0.3 is 9.47 Å². The number of sulfonamides is 1. The molecule has 0 unspecified atom stereocenters. The summed E-state index contributed by atoms with van der Waals surface area (Å²) in [6.45, 7) is 1.33. The summed E-state index contributed by atoms with van der Waals surface area (Å²) in [6, 6.07) is 5.11. The first-order valence-electron chi connectivity index (χ1n) is 8.01. The molecule has 3 rings (SSSR count). The molecule has 0 aliphatic carbocycles. The van der Waals surface area contributed by atoms with Gasteiger partial charge in [0, 0.05) is 43.9 Å². The molecule has 0 bridgehead atoms. The van der Waals surface area contributed by atoms with Crippen LogP contribution in [0.15, 0.2) is 40.2 Å². The van der Waals surface area contributed by atoms with Gasteiger partial charge in [-0.1, -0.05) is 27.5 Å². The molecule has 140 valence electrons. The van der Waals surface area contributed by atoms with E-state index >= 15 is 0 Å². The zero-order valence-electron chi connectivity index (χ0n) is 14.1. The maximum atomic E-state index is 12.8. The van der Waals surface area contributed by atoms with Crippen molar-refractivity contribution in [3.63, 3.8) is 0 Å². The quantitative estimate of drug-likeness (QED) is 0.703. The van der Waals surface area contributed by atoms with Crippen LogP contribution in [-0.4, -0.2) is 59.3 Å². The topological polar surface area (TPSA) is 75.5 Å². The predicted octanol–water partition coefficient (Wildman–Crippen LogP) is 2.37. The largest absolute Gasteiger partial charge is 0.339 e. The molecule has 0 atom stereocenters. The summed E-state index contributed by atoms with van der Waals surface area (Å²) in [4.78, 5) is 18.4. The smallest absolute Gasteiger partial charge is 0.262 e. The van der Waals surface area contributed by atoms with Gasteiger partial charge in [0.25, 0.3) is 15.9 Å². The van der Waals surface area contributed by atoms with Gasteiger partial charge in [-0.15, -0.1) is 0 Å². The van der Waals surface area contributed by atoms with Crippen molar-refractivity contribution in [2.24, 2.45) is 7.05 Å². The second-order valence-electron chi connectivity index (χ2n) is 6.05. The number of carbonyl (C=O) groups is 1. The van der Waals surface area contributed by atoms with E-state index in [0.717, 1.165) is 4.47 Å². The number of amides is 1. The van der Waals surface area contributed by atoms with Crippen LogP contribution in [0.4, 0.5) is 0 Å². The van der Waals surface area contributed by atoms with Gasteiger partial charge in [0.2, 0.25) is 0 Å². The number of hydrogen-bond acceptors (Lipinski definition) is 4. The first kappa shape index (κ1) is 19.3. The standard InChI is InChI=1S/C16H18BrClN4O3S/c1-20-10-15(19-11-20)26(24,25)22-6-2-5-21(7-8-22)16(23)13-9-12(17)3-4-14(13)18/h3-4,9-11H,2,5-8H2,1H3. The van der Waals surface area contributed by atoms with E-state index in [1.165, 1.54) is 16.8 Å². The van der Waals surface area contributed by atoms with E-state index in [-0.39, 0.29) is 17.5 Å². The van der Waals surface area contributed by atoms with E-state index in [1.54, 1.807) is 34.7 Å². The molecule has 0 radical (unpaired) electrons. The molecule has 1 fully saturated rings. The van der Waals surface area contributed by atoms with Gasteiger partial charge in [-0.3, -0.25) is 4.79 Å². The number of halogens is 2. The number of aromatic nitrogens is 2. The lowest BCUT2D eigenvalue weighted by atomic mass is 10.2. The molecule has 1 amide bonds. The molecule has 1 aliphatic rings. The van der Waals surface area contributed by atoms with Crippen LogP contribution in [0, 0.1) is 0 Å². The van der Waals surface area contributed by atoms with Crippen LogP contribution in [0.3, 0.4) is 0 Å². The number of carbonyl (C=O) groups excluding carboxylic acids is 1. The van der Waals surface area contributed by atoms with Crippen LogP contribution in [0.2, 0.25) is 5.02 Å². The predicted molar refractivity (Wildman–Crippen MR) is 102 cm³/mol. The summed E-state index contributed by atoms with van der Waals surface area (Å²) in [5, 5.41) is 0.398. The van der Waals surface area contributed by atoms with Gasteiger partial charge >= 0.3 is 0 Å². The highest BCUT2D eigenvalue weighted by Crippen LogP contribution is 2.23. The minimum absolute atomic E-state index is 0.0230. The third kappa shape index (κ3) is 3.95. The molecule has 2 heterocycles. The maximum absolute atomic E-state index is 12.8. The molecular formula is C16H18BrClN4O3S. The molecule has 26 heavy (non-hydrogen) atoms. The lowest BCUT2D eigenvalue weighted by Crippen LogP contribution is -2.37. The van der Waals surface area contributed by atoms with E-state index in [0.29, 0.717) is 36.6 Å². The van der Waals surface area contributed by atoms with Crippen LogP contribution >= 0.6 is 27.5 Å². The van der Waals surface area contributed by atoms with Crippen molar-refractivity contribution >= 4 is 43.5 Å². The van der Waals surface area contributed by atoms with Crippen molar-refractivity contribution in [3.05, 3.63) is 45.8 Å². The van der Waals surface area contributed by atoms with Crippen molar-refractivity contribution in [1.29, 1.82) is 0 Å². The second kappa shape index (κ2) is 7.67. The highest BCUT2D eigenvalue weighted by molar-refractivity contribution is 9.10. The number of hydrogen-bond donors (Lipinski definition) is 0. The Labute approximate surface area is 165 Å². The van der Waals surface area contributed by atoms with Crippen molar-refractivity contribution in [1.82, 2.24) is 18.8 Å². The average Bonchev–Trinajstić information content (AvgIpc) is 2.89. The Morgan fingerprint density at radius 2 is 2.00 bits per heavy atom. The van der Waals surface area contributed by atoms with E-state index in [4.69, 9.17) is 11.6 Å². The third-order valence-electron chi connectivity index (χ3n) is 4.19. The SMILES string of the molecule is Cn1cnc(S(=O)(=O)N2CCCN(C(=O)c3cc(Br)ccc3Cl)CC2)c1. The van der Waals surface area contributed by atoms with Gasteiger partial charge in [0.1, 0.15) is 0 Å². The summed E-state index contributed by atoms with van der Waals surface area (Å²) in [5.74, 6) is -0.201. The molecule has 1 aromatic carbocycles. The molecule has 1 aromatic heterocycles. The van der Waals surface area contributed by atoms with Crippen LogP contribution < -0.4 is 0 Å². The zero-order valence-corrected chi connectivity index (χ0v) is 17.3. The number of nitrogens with zero attached hydrogens (tertiary/aromatic N) is 4. The summed E-state index contributed by atoms with van der Waals surface area (Å²) in [5.41, 5.74) is 0.405. The van der Waals surface area contributed by atoms with E-state index in [1.807, 2.05) is 0 Å². The highest BCUT2D eigenvalue weighted by Gasteiger charge is 2.30. The van der Waals surface area contributed by atoms with Crippen molar-refractivity contribution in [3.8, 4) is 0 Å². The zero-order chi connectivity index (χ0) is 18.9. The molecule has 0 spiro atoms. The summed E-state index contributed by atoms with van der Waals surface area (Å²) in [6.07, 6.45) is 3.48. The molecule has 0 N–H and O–H groups in total. The fourth-order valence-corrected chi connectivity index (χ4v) is 4.82. The van der Waals surface area contributed by atoms with Crippen LogP contribution in [-0.2, 0) is 17.1 Å². The fourth-order valence-electron chi connectivity index (χ4n) is 2.82. The fraction of sp³-hybridized carbons (Fsp3) is 0.375. The number of aryl methyl sites for hydroxylation is 1. The molecule has 7 nitrogen and oxygen atoms in total. The average molecular weight is 462 g/mol. The van der Waals surface area contributed by atoms with Crippen molar-refractivity contribution in [2.45, 2.75) is 11.4 Å². The Morgan fingerprint density at radius 1 is 1.23 bits per heavy atom. The normalized spacial score (nSPS) is 16.5. The Morgan fingerprint density at radius 3 is 2.69 bits per heavy atom. The highest BCUT2D eigenvalue weighted by atomic mass is 79.9. The van der Waals surface area contributed by atoms with Crippen molar-refractivity contribution < 1.29 is 13.2 Å². The van der Waals surface area contributed by atoms with E-state index in [9.17, 15) is 13.2 Å². The van der Waals surface area contributed by atoms with Gasteiger partial charge in [0.05, 0.1) is 16.9 Å². The first-order chi connectivity index (χ1) is 12.3. The van der Waals surface area contributed by atoms with Gasteiger partial charge in [-0.05, 0) is 24.6 Å². The third-order valence-corrected chi connectivity index (χ3v) is 6.79. The molecule has 0 saturated carbocycles. The lowest BCUT2D eigenvalue weighted by Gasteiger charge is -2.22. The second-order valence-corrected chi connectivity index (χ2v) is 9.26. The lowest BCUT2D eigenvalue weighted by molar-refractivity contribution is 0.0764. The summed E-state index contributed by atoms with van der Waals surface area (Å²) < 4.78 is 29.2. The first-order valence-corrected chi connectivity index (χ1v) is 10.6. The summed E-state index contributed by atoms with van der Waals surface area (Å²) in [7, 11) is -1.94. The Balaban J connectivity index is 1.76. The number of benzene rings is 1. The molecule has 2 aromatic rings. The minimum Gasteiger partial charge on any atom is -0.339 e. The Bertz CT molecular complexity index is 931. The summed E-state index contributed by atoms with van der Waals surface area (Å²) >= 11 is 9.49. The van der Waals surface area contributed by atoms with Gasteiger partial charge in [0.15, 0.2) is 5.03 Å².